The zero-order valence-corrected chi connectivity index (χ0v) is 44.6. The highest BCUT2D eigenvalue weighted by atomic mass is 127. The minimum absolute atomic E-state index is 0.00784. The van der Waals surface area contributed by atoms with Crippen molar-refractivity contribution in [3.05, 3.63) is 40.6 Å². The van der Waals surface area contributed by atoms with Crippen LogP contribution in [0.5, 0.6) is 0 Å². The van der Waals surface area contributed by atoms with Crippen LogP contribution in [0.3, 0.4) is 0 Å². The molecule has 0 bridgehead atoms. The molecule has 0 saturated carbocycles. The van der Waals surface area contributed by atoms with Crippen LogP contribution in [0.4, 0.5) is 5.69 Å². The van der Waals surface area contributed by atoms with Gasteiger partial charge in [0.05, 0.1) is 66.5 Å². The van der Waals surface area contributed by atoms with Gasteiger partial charge in [-0.15, -0.1) is 0 Å². The molecule has 1 aliphatic heterocycles. The first kappa shape index (κ1) is 53.9. The number of nitrogens with zero attached hydrogens (tertiary/aromatic N) is 4. The second-order valence-electron chi connectivity index (χ2n) is 13.5. The topological polar surface area (TPSA) is 301 Å². The summed E-state index contributed by atoms with van der Waals surface area (Å²) in [4.78, 5) is 87.9. The monoisotopic (exact) mass is 1520 g/mol. The Morgan fingerprint density at radius 2 is 1.18 bits per heavy atom. The number of carbonyl (C=O) groups excluding carboxylic acids is 6. The van der Waals surface area contributed by atoms with Crippen molar-refractivity contribution in [1.82, 2.24) is 24.9 Å². The van der Waals surface area contributed by atoms with Crippen LogP contribution in [0.2, 0.25) is 0 Å². The molecule has 3 rings (SSSR count). The molecule has 6 unspecified atom stereocenters. The third kappa shape index (κ3) is 11.9. The molecule has 0 spiro atoms. The van der Waals surface area contributed by atoms with Crippen molar-refractivity contribution in [3.63, 3.8) is 0 Å². The molecule has 6 atom stereocenters. The van der Waals surface area contributed by atoms with Gasteiger partial charge in [0.1, 0.15) is 0 Å². The van der Waals surface area contributed by atoms with E-state index in [4.69, 9.17) is 0 Å². The van der Waals surface area contributed by atoms with Gasteiger partial charge in [0, 0.05) is 69.7 Å². The van der Waals surface area contributed by atoms with Gasteiger partial charge in [-0.05, 0) is 119 Å². The lowest BCUT2D eigenvalue weighted by molar-refractivity contribution is -0.143. The number of hydrogen-bond donors (Lipinski definition) is 10. The third-order valence-corrected chi connectivity index (χ3v) is 16.1. The summed E-state index contributed by atoms with van der Waals surface area (Å²) in [5, 5.41) is 83.0. The van der Waals surface area contributed by atoms with E-state index in [1.807, 2.05) is 136 Å². The Morgan fingerprint density at radius 1 is 0.717 bits per heavy atom. The fraction of sp³-hybridized carbons (Fsp3) is 0.529. The van der Waals surface area contributed by atoms with Crippen LogP contribution in [-0.4, -0.2) is 210 Å². The highest BCUT2D eigenvalue weighted by Gasteiger charge is 2.55. The lowest BCUT2D eigenvalue weighted by Gasteiger charge is -2.44. The second-order valence-corrected chi connectivity index (χ2v) is 20.3. The number of benzene rings is 1. The van der Waals surface area contributed by atoms with Crippen LogP contribution in [0, 0.1) is 10.7 Å². The Hall–Kier alpha value is -0.420. The predicted octanol–water partition coefficient (Wildman–Crippen LogP) is -1.65. The normalized spacial score (nSPS) is 20.1. The minimum atomic E-state index is -2.01. The molecular weight excluding hydrogens is 1480 g/mol. The number of alkyl halides is 1. The van der Waals surface area contributed by atoms with Gasteiger partial charge in [0.2, 0.25) is 0 Å². The first-order chi connectivity index (χ1) is 28.0. The fourth-order valence-corrected chi connectivity index (χ4v) is 15.4. The SMILES string of the molecule is CN(CC(O)CO)C(=O)c1c(I)c(NC(=O)C(O)CO)c(I)c(C(=O)N2CCN(C(=O)C3=C(I)C=C(I)C(NC(=O)C(O)CO)(C(=O)N(C)CC(O)CO)C3I)CC2)c1I. The molecule has 60 heavy (non-hydrogen) atoms. The van der Waals surface area contributed by atoms with Crippen LogP contribution >= 0.6 is 136 Å². The van der Waals surface area contributed by atoms with Crippen molar-refractivity contribution >= 4 is 177 Å². The molecule has 2 aliphatic rings. The summed E-state index contributed by atoms with van der Waals surface area (Å²) in [5.41, 5.74) is -1.90. The Morgan fingerprint density at radius 3 is 1.68 bits per heavy atom. The molecule has 20 nitrogen and oxygen atoms in total. The fourth-order valence-electron chi connectivity index (χ4n) is 6.00. The standard InChI is InChI=1S/C34H42I6N6O14/c1-43(8-14(51)10-47)30(57)21-23(37)22(25(39)26(24(21)38)41-28(55)17(53)12-49)32(59)46-5-3-45(4-6-46)31(58)20-16(35)7-19(36)34(27(20)40,42-29(56)18(54)13-50)33(60)44(2)9-15(52)11-48/h7,14-15,17-18,27,47-54H,3-6,8-13H2,1-2H3,(H,41,55)(H,42,56). The van der Waals surface area contributed by atoms with E-state index in [0.717, 1.165) is 9.80 Å². The van der Waals surface area contributed by atoms with E-state index in [1.54, 1.807) is 0 Å². The van der Waals surface area contributed by atoms with E-state index in [2.05, 4.69) is 10.6 Å². The summed E-state index contributed by atoms with van der Waals surface area (Å²) in [6.07, 6.45) is -4.83. The number of aliphatic hydroxyl groups is 8. The Kier molecular flexibility index (Phi) is 21.3. The summed E-state index contributed by atoms with van der Waals surface area (Å²) in [5.74, 6) is -4.66. The molecule has 1 aromatic carbocycles. The molecule has 1 saturated heterocycles. The summed E-state index contributed by atoms with van der Waals surface area (Å²) in [6, 6.07) is 0. The van der Waals surface area contributed by atoms with Crippen LogP contribution in [-0.2, 0) is 19.2 Å². The van der Waals surface area contributed by atoms with E-state index < -0.39 is 95.8 Å². The van der Waals surface area contributed by atoms with Crippen molar-refractivity contribution in [2.24, 2.45) is 0 Å². The van der Waals surface area contributed by atoms with Gasteiger partial charge in [-0.25, -0.2) is 0 Å². The van der Waals surface area contributed by atoms with Gasteiger partial charge in [0.25, 0.3) is 35.4 Å². The zero-order chi connectivity index (χ0) is 45.5. The maximum Gasteiger partial charge on any atom is 0.256 e. The van der Waals surface area contributed by atoms with Crippen molar-refractivity contribution in [2.75, 3.05) is 85.1 Å². The second kappa shape index (κ2) is 23.7. The third-order valence-electron chi connectivity index (χ3n) is 9.29. The first-order valence-corrected chi connectivity index (χ1v) is 24.2. The maximum atomic E-state index is 14.4. The number of carbonyl (C=O) groups is 6. The molecule has 334 valence electrons. The van der Waals surface area contributed by atoms with Crippen LogP contribution < -0.4 is 10.6 Å². The average Bonchev–Trinajstić information content (AvgIpc) is 3.22. The quantitative estimate of drug-likeness (QED) is 0.0656. The molecular formula is C34H42I6N6O14. The number of allylic oxidation sites excluding steroid dienone is 2. The van der Waals surface area contributed by atoms with Crippen LogP contribution in [0.1, 0.15) is 20.7 Å². The molecule has 26 heteroatoms. The van der Waals surface area contributed by atoms with Gasteiger partial charge in [0.15, 0.2) is 17.7 Å². The summed E-state index contributed by atoms with van der Waals surface area (Å²) in [6.45, 7) is -3.84. The number of amides is 6. The number of aliphatic hydroxyl groups excluding tert-OH is 8. The minimum Gasteiger partial charge on any atom is -0.394 e. The van der Waals surface area contributed by atoms with Crippen LogP contribution in [0.15, 0.2) is 18.8 Å². The maximum absolute atomic E-state index is 14.4. The molecule has 1 heterocycles. The predicted molar refractivity (Wildman–Crippen MR) is 265 cm³/mol. The van der Waals surface area contributed by atoms with E-state index in [9.17, 15) is 69.6 Å². The van der Waals surface area contributed by atoms with E-state index in [-0.39, 0.29) is 75.9 Å². The number of piperazine rings is 1. The molecule has 0 radical (unpaired) electrons. The Labute approximate surface area is 425 Å². The summed E-state index contributed by atoms with van der Waals surface area (Å²) < 4.78 is 0.157. The van der Waals surface area contributed by atoms with Gasteiger partial charge in [-0.1, -0.05) is 22.6 Å². The number of anilines is 1. The average molecular weight is 1520 g/mol. The number of hydrogen-bond acceptors (Lipinski definition) is 14. The summed E-state index contributed by atoms with van der Waals surface area (Å²) in [7, 11) is 2.71. The number of halogens is 6. The smallest absolute Gasteiger partial charge is 0.256 e. The lowest BCUT2D eigenvalue weighted by Crippen LogP contribution is -2.68. The van der Waals surface area contributed by atoms with Gasteiger partial charge in [-0.2, -0.15) is 0 Å². The largest absolute Gasteiger partial charge is 0.394 e. The van der Waals surface area contributed by atoms with Gasteiger partial charge in [-0.3, -0.25) is 28.8 Å². The van der Waals surface area contributed by atoms with E-state index in [1.165, 1.54) is 30.0 Å². The summed E-state index contributed by atoms with van der Waals surface area (Å²) >= 11 is 11.1. The molecule has 1 aromatic rings. The number of rotatable bonds is 16. The zero-order valence-electron chi connectivity index (χ0n) is 31.6. The van der Waals surface area contributed by atoms with E-state index >= 15 is 0 Å². The first-order valence-electron chi connectivity index (χ1n) is 17.6. The molecule has 1 fully saturated rings. The van der Waals surface area contributed by atoms with Gasteiger partial charge >= 0.3 is 0 Å². The number of nitrogens with one attached hydrogen (secondary N) is 2. The molecule has 6 amide bonds. The van der Waals surface area contributed by atoms with Crippen molar-refractivity contribution in [3.8, 4) is 0 Å². The van der Waals surface area contributed by atoms with E-state index in [0.29, 0.717) is 3.58 Å². The highest BCUT2D eigenvalue weighted by Crippen LogP contribution is 2.45. The molecule has 0 aromatic heterocycles. The molecule has 10 N–H and O–H groups in total. The number of likely N-dealkylation sites (N-methyl/N-ethyl adjacent to an activating group) is 2. The van der Waals surface area contributed by atoms with Crippen molar-refractivity contribution in [2.45, 2.75) is 33.9 Å². The molecule has 1 aliphatic carbocycles. The van der Waals surface area contributed by atoms with Crippen molar-refractivity contribution in [1.29, 1.82) is 0 Å². The Balaban J connectivity index is 2.02. The lowest BCUT2D eigenvalue weighted by atomic mass is 9.83. The Bertz CT molecular complexity index is 1920. The van der Waals surface area contributed by atoms with Crippen molar-refractivity contribution < 1.29 is 69.6 Å². The van der Waals surface area contributed by atoms with Gasteiger partial charge < -0.3 is 71.1 Å². The highest BCUT2D eigenvalue weighted by molar-refractivity contribution is 14.1. The van der Waals surface area contributed by atoms with Crippen LogP contribution in [0.25, 0.3) is 0 Å².